The maximum atomic E-state index is 13.4. The van der Waals surface area contributed by atoms with Crippen molar-refractivity contribution in [2.24, 2.45) is 5.10 Å². The number of ether oxygens (including phenoxy) is 1. The minimum Gasteiger partial charge on any atom is -0.481 e. The molecule has 26 heavy (non-hydrogen) atoms. The first-order valence-corrected chi connectivity index (χ1v) is 7.72. The number of aliphatic hydroxyl groups excluding tert-OH is 1. The number of hydrazone groups is 1. The van der Waals surface area contributed by atoms with Gasteiger partial charge in [-0.25, -0.2) is 9.82 Å². The van der Waals surface area contributed by atoms with E-state index in [1.54, 1.807) is 30.5 Å². The van der Waals surface area contributed by atoms with Gasteiger partial charge in [0.1, 0.15) is 17.1 Å². The molecule has 7 heteroatoms. The summed E-state index contributed by atoms with van der Waals surface area (Å²) in [5.74, 6) is -0.342. The van der Waals surface area contributed by atoms with Crippen molar-refractivity contribution < 1.29 is 19.0 Å². The molecule has 0 unspecified atom stereocenters. The number of hydrogen-bond acceptors (Lipinski definition) is 5. The Morgan fingerprint density at radius 2 is 1.96 bits per heavy atom. The molecular formula is C19H18FN3O3. The number of fused-ring (bicyclic) bond motifs is 1. The lowest BCUT2D eigenvalue weighted by Crippen LogP contribution is -2.24. The number of pyridine rings is 1. The van der Waals surface area contributed by atoms with E-state index in [1.807, 2.05) is 24.3 Å². The second-order valence-electron chi connectivity index (χ2n) is 4.93. The third-order valence-electron chi connectivity index (χ3n) is 3.25. The summed E-state index contributed by atoms with van der Waals surface area (Å²) in [6, 6.07) is 15.4. The Morgan fingerprint density at radius 3 is 2.77 bits per heavy atom. The fraction of sp³-hybridized carbons (Fsp3) is 0.105. The first kappa shape index (κ1) is 19.0. The summed E-state index contributed by atoms with van der Waals surface area (Å²) >= 11 is 0. The van der Waals surface area contributed by atoms with E-state index in [1.165, 1.54) is 12.3 Å². The molecule has 2 N–H and O–H groups in total. The van der Waals surface area contributed by atoms with Crippen LogP contribution in [-0.4, -0.2) is 35.9 Å². The van der Waals surface area contributed by atoms with Gasteiger partial charge in [0.2, 0.25) is 0 Å². The first-order valence-electron chi connectivity index (χ1n) is 7.72. The van der Waals surface area contributed by atoms with Crippen LogP contribution in [0.3, 0.4) is 0 Å². The predicted molar refractivity (Wildman–Crippen MR) is 97.5 cm³/mol. The van der Waals surface area contributed by atoms with E-state index in [-0.39, 0.29) is 12.2 Å². The molecule has 0 aliphatic carbocycles. The molecule has 0 fully saturated rings. The van der Waals surface area contributed by atoms with Crippen molar-refractivity contribution in [1.82, 2.24) is 10.4 Å². The minimum atomic E-state index is -0.449. The minimum absolute atomic E-state index is 0.218. The molecule has 0 saturated heterocycles. The molecule has 0 saturated carbocycles. The second kappa shape index (κ2) is 9.85. The van der Waals surface area contributed by atoms with Crippen LogP contribution >= 0.6 is 0 Å². The quantitative estimate of drug-likeness (QED) is 0.544. The average Bonchev–Trinajstić information content (AvgIpc) is 2.69. The van der Waals surface area contributed by atoms with Gasteiger partial charge in [0.15, 0.2) is 6.61 Å². The molecule has 0 atom stereocenters. The van der Waals surface area contributed by atoms with E-state index in [0.29, 0.717) is 11.3 Å². The van der Waals surface area contributed by atoms with Crippen molar-refractivity contribution in [3.05, 3.63) is 72.2 Å². The molecule has 1 heterocycles. The Morgan fingerprint density at radius 1 is 1.19 bits per heavy atom. The standard InChI is InChI=1S/C18H14FN3O2.CH4O/c19-15-8-2-1-5-14(15)11-21-22-17(23)12-24-16-9-3-6-13-7-4-10-20-18(13)16;1-2/h1-11H,12H2,(H,22,23);2H,1H3/b21-11+;. The molecule has 6 nitrogen and oxygen atoms in total. The fourth-order valence-electron chi connectivity index (χ4n) is 2.12. The zero-order valence-electron chi connectivity index (χ0n) is 14.1. The Hall–Kier alpha value is -3.32. The van der Waals surface area contributed by atoms with Gasteiger partial charge >= 0.3 is 0 Å². The molecule has 0 spiro atoms. The number of amides is 1. The van der Waals surface area contributed by atoms with Crippen LogP contribution in [0.2, 0.25) is 0 Å². The number of carbonyl (C=O) groups is 1. The predicted octanol–water partition coefficient (Wildman–Crippen LogP) is 2.51. The highest BCUT2D eigenvalue weighted by atomic mass is 19.1. The second-order valence-corrected chi connectivity index (χ2v) is 4.93. The summed E-state index contributed by atoms with van der Waals surface area (Å²) < 4.78 is 18.9. The number of aromatic nitrogens is 1. The molecule has 0 aliphatic heterocycles. The lowest BCUT2D eigenvalue weighted by molar-refractivity contribution is -0.123. The monoisotopic (exact) mass is 355 g/mol. The number of aliphatic hydroxyl groups is 1. The third-order valence-corrected chi connectivity index (χ3v) is 3.25. The van der Waals surface area contributed by atoms with Gasteiger partial charge in [0.05, 0.1) is 6.21 Å². The summed E-state index contributed by atoms with van der Waals surface area (Å²) in [7, 11) is 1.00. The fourth-order valence-corrected chi connectivity index (χ4v) is 2.12. The van der Waals surface area contributed by atoms with Crippen molar-refractivity contribution in [3.8, 4) is 5.75 Å². The van der Waals surface area contributed by atoms with E-state index in [2.05, 4.69) is 15.5 Å². The van der Waals surface area contributed by atoms with Crippen molar-refractivity contribution in [2.75, 3.05) is 13.7 Å². The zero-order valence-corrected chi connectivity index (χ0v) is 14.1. The van der Waals surface area contributed by atoms with Gasteiger partial charge in [-0.15, -0.1) is 0 Å². The van der Waals surface area contributed by atoms with Crippen LogP contribution in [0.1, 0.15) is 5.56 Å². The Labute approximate surface area is 150 Å². The van der Waals surface area contributed by atoms with Crippen LogP contribution < -0.4 is 10.2 Å². The Kier molecular flexibility index (Phi) is 7.20. The van der Waals surface area contributed by atoms with Crippen molar-refractivity contribution in [2.45, 2.75) is 0 Å². The topological polar surface area (TPSA) is 83.8 Å². The van der Waals surface area contributed by atoms with Gasteiger partial charge in [-0.3, -0.25) is 9.78 Å². The van der Waals surface area contributed by atoms with Crippen LogP contribution in [0.4, 0.5) is 4.39 Å². The first-order chi connectivity index (χ1) is 12.7. The summed E-state index contributed by atoms with van der Waals surface area (Å²) in [4.78, 5) is 16.0. The van der Waals surface area contributed by atoms with Crippen LogP contribution in [0, 0.1) is 5.82 Å². The van der Waals surface area contributed by atoms with E-state index in [4.69, 9.17) is 9.84 Å². The number of nitrogens with zero attached hydrogens (tertiary/aromatic N) is 2. The van der Waals surface area contributed by atoms with Gasteiger partial charge < -0.3 is 9.84 Å². The van der Waals surface area contributed by atoms with Gasteiger partial charge in [0, 0.05) is 24.3 Å². The normalized spacial score (nSPS) is 10.3. The largest absolute Gasteiger partial charge is 0.481 e. The number of carbonyl (C=O) groups excluding carboxylic acids is 1. The van der Waals surface area contributed by atoms with Crippen molar-refractivity contribution in [1.29, 1.82) is 0 Å². The number of nitrogens with one attached hydrogen (secondary N) is 1. The molecule has 134 valence electrons. The number of rotatable bonds is 5. The Bertz CT molecular complexity index is 895. The smallest absolute Gasteiger partial charge is 0.277 e. The molecule has 2 aromatic carbocycles. The summed E-state index contributed by atoms with van der Waals surface area (Å²) in [6.07, 6.45) is 2.90. The summed E-state index contributed by atoms with van der Waals surface area (Å²) in [5.41, 5.74) is 3.27. The zero-order chi connectivity index (χ0) is 18.8. The highest BCUT2D eigenvalue weighted by molar-refractivity contribution is 5.85. The molecule has 3 aromatic rings. The van der Waals surface area contributed by atoms with Crippen molar-refractivity contribution in [3.63, 3.8) is 0 Å². The van der Waals surface area contributed by atoms with Crippen LogP contribution in [0.25, 0.3) is 10.9 Å². The molecule has 0 aliphatic rings. The van der Waals surface area contributed by atoms with Crippen LogP contribution in [-0.2, 0) is 4.79 Å². The molecule has 0 radical (unpaired) electrons. The lowest BCUT2D eigenvalue weighted by atomic mass is 10.2. The highest BCUT2D eigenvalue weighted by Crippen LogP contribution is 2.22. The van der Waals surface area contributed by atoms with Gasteiger partial charge in [-0.1, -0.05) is 36.4 Å². The van der Waals surface area contributed by atoms with Crippen LogP contribution in [0.15, 0.2) is 65.9 Å². The molecule has 1 amide bonds. The summed E-state index contributed by atoms with van der Waals surface area (Å²) in [5, 5.41) is 11.6. The molecule has 0 bridgehead atoms. The van der Waals surface area contributed by atoms with E-state index in [9.17, 15) is 9.18 Å². The van der Waals surface area contributed by atoms with E-state index in [0.717, 1.165) is 12.5 Å². The maximum Gasteiger partial charge on any atom is 0.277 e. The summed E-state index contributed by atoms with van der Waals surface area (Å²) in [6.45, 7) is -0.218. The maximum absolute atomic E-state index is 13.4. The number of para-hydroxylation sites is 1. The number of benzene rings is 2. The Balaban J connectivity index is 0.00000117. The van der Waals surface area contributed by atoms with E-state index >= 15 is 0 Å². The van der Waals surface area contributed by atoms with Gasteiger partial charge in [-0.05, 0) is 18.2 Å². The molecular weight excluding hydrogens is 337 g/mol. The SMILES string of the molecule is CO.O=C(COc1cccc2cccnc12)N/N=C/c1ccccc1F. The number of halogens is 1. The number of hydrogen-bond donors (Lipinski definition) is 2. The highest BCUT2D eigenvalue weighted by Gasteiger charge is 2.06. The molecule has 3 rings (SSSR count). The average molecular weight is 355 g/mol. The van der Waals surface area contributed by atoms with Gasteiger partial charge in [-0.2, -0.15) is 5.10 Å². The van der Waals surface area contributed by atoms with Crippen LogP contribution in [0.5, 0.6) is 5.75 Å². The lowest BCUT2D eigenvalue weighted by Gasteiger charge is -2.07. The molecule has 1 aromatic heterocycles. The van der Waals surface area contributed by atoms with Gasteiger partial charge in [0.25, 0.3) is 5.91 Å². The van der Waals surface area contributed by atoms with Crippen molar-refractivity contribution >= 4 is 23.0 Å². The van der Waals surface area contributed by atoms with E-state index < -0.39 is 11.7 Å². The third kappa shape index (κ3) is 5.09.